The van der Waals surface area contributed by atoms with E-state index in [2.05, 4.69) is 10.1 Å². The Kier molecular flexibility index (Phi) is 4.10. The summed E-state index contributed by atoms with van der Waals surface area (Å²) in [6, 6.07) is 1.89. The third-order valence-electron chi connectivity index (χ3n) is 4.59. The van der Waals surface area contributed by atoms with Gasteiger partial charge >= 0.3 is 0 Å². The molecule has 2 aromatic heterocycles. The van der Waals surface area contributed by atoms with Crippen LogP contribution in [-0.2, 0) is 0 Å². The molecule has 23 heavy (non-hydrogen) atoms. The van der Waals surface area contributed by atoms with Crippen LogP contribution in [0.4, 0.5) is 0 Å². The van der Waals surface area contributed by atoms with Crippen LogP contribution < -0.4 is 5.73 Å². The quantitative estimate of drug-likeness (QED) is 0.916. The Morgan fingerprint density at radius 3 is 2.70 bits per heavy atom. The van der Waals surface area contributed by atoms with Gasteiger partial charge in [0.1, 0.15) is 0 Å². The van der Waals surface area contributed by atoms with Gasteiger partial charge in [0.15, 0.2) is 0 Å². The van der Waals surface area contributed by atoms with E-state index in [-0.39, 0.29) is 17.9 Å². The number of nitrogens with zero attached hydrogens (tertiary/aromatic N) is 3. The number of carbonyl (C=O) groups excluding carboxylic acids is 1. The molecule has 2 N–H and O–H groups in total. The van der Waals surface area contributed by atoms with E-state index >= 15 is 0 Å². The number of hydrogen-bond donors (Lipinski definition) is 1. The van der Waals surface area contributed by atoms with Crippen molar-refractivity contribution in [2.75, 3.05) is 13.6 Å². The predicted molar refractivity (Wildman–Crippen MR) is 88.5 cm³/mol. The van der Waals surface area contributed by atoms with E-state index in [1.54, 1.807) is 11.9 Å². The van der Waals surface area contributed by atoms with Gasteiger partial charge in [-0.25, -0.2) is 4.98 Å². The molecular formula is C17H24N4O2. The van der Waals surface area contributed by atoms with E-state index in [9.17, 15) is 4.79 Å². The lowest BCUT2D eigenvalue weighted by Crippen LogP contribution is -2.39. The van der Waals surface area contributed by atoms with Crippen LogP contribution in [0.1, 0.15) is 67.2 Å². The Labute approximate surface area is 136 Å². The van der Waals surface area contributed by atoms with Crippen LogP contribution in [-0.4, -0.2) is 40.6 Å². The molecule has 1 aliphatic carbocycles. The molecule has 0 radical (unpaired) electrons. The zero-order valence-corrected chi connectivity index (χ0v) is 14.2. The van der Waals surface area contributed by atoms with Crippen LogP contribution in [0.5, 0.6) is 0 Å². The van der Waals surface area contributed by atoms with Gasteiger partial charge in [-0.2, -0.15) is 0 Å². The lowest BCUT2D eigenvalue weighted by atomic mass is 10.0. The van der Waals surface area contributed by atoms with Crippen LogP contribution >= 0.6 is 0 Å². The summed E-state index contributed by atoms with van der Waals surface area (Å²) in [6.45, 7) is 6.43. The van der Waals surface area contributed by atoms with Crippen molar-refractivity contribution in [1.29, 1.82) is 0 Å². The highest BCUT2D eigenvalue weighted by molar-refractivity contribution is 6.06. The topological polar surface area (TPSA) is 85.2 Å². The maximum absolute atomic E-state index is 13.0. The van der Waals surface area contributed by atoms with Crippen molar-refractivity contribution in [1.82, 2.24) is 15.0 Å². The molecule has 3 rings (SSSR count). The first-order valence-corrected chi connectivity index (χ1v) is 8.21. The van der Waals surface area contributed by atoms with Gasteiger partial charge in [-0.1, -0.05) is 19.0 Å². The van der Waals surface area contributed by atoms with Crippen molar-refractivity contribution in [3.05, 3.63) is 23.0 Å². The summed E-state index contributed by atoms with van der Waals surface area (Å²) < 4.78 is 5.43. The molecule has 2 heterocycles. The fourth-order valence-corrected chi connectivity index (χ4v) is 2.69. The van der Waals surface area contributed by atoms with Gasteiger partial charge in [0.2, 0.25) is 0 Å². The number of nitrogens with two attached hydrogens (primary N) is 1. The van der Waals surface area contributed by atoms with Gasteiger partial charge in [-0.15, -0.1) is 0 Å². The first kappa shape index (κ1) is 15.9. The number of pyridine rings is 1. The number of hydrogen-bond acceptors (Lipinski definition) is 5. The van der Waals surface area contributed by atoms with Crippen LogP contribution in [0.3, 0.4) is 0 Å². The third-order valence-corrected chi connectivity index (χ3v) is 4.59. The van der Waals surface area contributed by atoms with E-state index in [1.807, 2.05) is 26.8 Å². The molecule has 6 heteroatoms. The number of amides is 1. The molecule has 6 nitrogen and oxygen atoms in total. The fraction of sp³-hybridized carbons (Fsp3) is 0.588. The molecule has 1 unspecified atom stereocenters. The van der Waals surface area contributed by atoms with Crippen molar-refractivity contribution in [2.24, 2.45) is 5.73 Å². The first-order chi connectivity index (χ1) is 10.9. The van der Waals surface area contributed by atoms with Gasteiger partial charge in [-0.3, -0.25) is 4.79 Å². The summed E-state index contributed by atoms with van der Waals surface area (Å²) in [4.78, 5) is 19.3. The fourth-order valence-electron chi connectivity index (χ4n) is 2.69. The highest BCUT2D eigenvalue weighted by Gasteiger charge is 2.30. The number of likely N-dealkylation sites (N-methyl/N-ethyl adjacent to an activating group) is 1. The Hall–Kier alpha value is -1.95. The van der Waals surface area contributed by atoms with E-state index in [0.29, 0.717) is 23.7 Å². The second kappa shape index (κ2) is 5.92. The van der Waals surface area contributed by atoms with Crippen molar-refractivity contribution in [3.8, 4) is 0 Å². The average molecular weight is 316 g/mol. The van der Waals surface area contributed by atoms with E-state index < -0.39 is 0 Å². The first-order valence-electron chi connectivity index (χ1n) is 8.21. The molecule has 0 aliphatic heterocycles. The van der Waals surface area contributed by atoms with Crippen molar-refractivity contribution in [2.45, 2.75) is 51.5 Å². The third kappa shape index (κ3) is 2.83. The number of aromatic nitrogens is 2. The summed E-state index contributed by atoms with van der Waals surface area (Å²) in [5.41, 5.74) is 8.52. The Bertz CT molecular complexity index is 734. The molecule has 124 valence electrons. The average Bonchev–Trinajstić information content (AvgIpc) is 3.30. The zero-order chi connectivity index (χ0) is 16.7. The van der Waals surface area contributed by atoms with Crippen LogP contribution in [0.15, 0.2) is 10.6 Å². The van der Waals surface area contributed by atoms with Crippen molar-refractivity contribution in [3.63, 3.8) is 0 Å². The Balaban J connectivity index is 2.15. The molecule has 0 aromatic carbocycles. The summed E-state index contributed by atoms with van der Waals surface area (Å²) >= 11 is 0. The van der Waals surface area contributed by atoms with Gasteiger partial charge in [0, 0.05) is 31.2 Å². The van der Waals surface area contributed by atoms with Gasteiger partial charge in [0.25, 0.3) is 11.6 Å². The highest BCUT2D eigenvalue weighted by atomic mass is 16.5. The molecule has 1 atom stereocenters. The lowest BCUT2D eigenvalue weighted by Gasteiger charge is -2.24. The predicted octanol–water partition coefficient (Wildman–Crippen LogP) is 2.64. The van der Waals surface area contributed by atoms with Crippen LogP contribution in [0, 0.1) is 0 Å². The van der Waals surface area contributed by atoms with E-state index in [4.69, 9.17) is 10.3 Å². The van der Waals surface area contributed by atoms with Crippen LogP contribution in [0.2, 0.25) is 0 Å². The van der Waals surface area contributed by atoms with Crippen molar-refractivity contribution >= 4 is 17.0 Å². The standard InChI is InChI=1S/C17H24N4O2/c1-9(2)15-14-12(17(22)21(4)10(3)8-18)7-13(11-5-6-11)19-16(14)23-20-15/h7,9-11H,5-6,8,18H2,1-4H3. The number of carbonyl (C=O) groups is 1. The van der Waals surface area contributed by atoms with Gasteiger partial charge < -0.3 is 15.2 Å². The highest BCUT2D eigenvalue weighted by Crippen LogP contribution is 2.41. The molecule has 2 aromatic rings. The lowest BCUT2D eigenvalue weighted by molar-refractivity contribution is 0.0750. The molecule has 0 saturated heterocycles. The maximum Gasteiger partial charge on any atom is 0.259 e. The normalized spacial score (nSPS) is 16.1. The second-order valence-corrected chi connectivity index (χ2v) is 6.77. The minimum Gasteiger partial charge on any atom is -0.338 e. The summed E-state index contributed by atoms with van der Waals surface area (Å²) in [5, 5.41) is 4.89. The zero-order valence-electron chi connectivity index (χ0n) is 14.2. The maximum atomic E-state index is 13.0. The molecule has 1 aliphatic rings. The van der Waals surface area contributed by atoms with Gasteiger partial charge in [0.05, 0.1) is 16.6 Å². The summed E-state index contributed by atoms with van der Waals surface area (Å²) in [5.74, 6) is 0.548. The molecule has 0 bridgehead atoms. The Morgan fingerprint density at radius 1 is 1.43 bits per heavy atom. The SMILES string of the molecule is CC(C)c1noc2nc(C3CC3)cc(C(=O)N(C)C(C)CN)c12. The largest absolute Gasteiger partial charge is 0.338 e. The summed E-state index contributed by atoms with van der Waals surface area (Å²) in [6.07, 6.45) is 2.23. The van der Waals surface area contributed by atoms with Gasteiger partial charge in [-0.05, 0) is 31.7 Å². The minimum absolute atomic E-state index is 0.0301. The Morgan fingerprint density at radius 2 is 2.13 bits per heavy atom. The second-order valence-electron chi connectivity index (χ2n) is 6.77. The summed E-state index contributed by atoms with van der Waals surface area (Å²) in [7, 11) is 1.78. The van der Waals surface area contributed by atoms with Crippen LogP contribution in [0.25, 0.3) is 11.1 Å². The van der Waals surface area contributed by atoms with E-state index in [1.165, 1.54) is 0 Å². The van der Waals surface area contributed by atoms with E-state index in [0.717, 1.165) is 29.6 Å². The number of fused-ring (bicyclic) bond motifs is 1. The molecule has 1 saturated carbocycles. The number of rotatable bonds is 5. The molecule has 0 spiro atoms. The molecular weight excluding hydrogens is 292 g/mol. The molecule has 1 fully saturated rings. The molecule has 1 amide bonds. The smallest absolute Gasteiger partial charge is 0.259 e. The monoisotopic (exact) mass is 316 g/mol. The van der Waals surface area contributed by atoms with Crippen molar-refractivity contribution < 1.29 is 9.32 Å². The minimum atomic E-state index is -0.0534.